The quantitative estimate of drug-likeness (QED) is 0.710. The molecule has 1 saturated heterocycles. The number of hydrogen-bond acceptors (Lipinski definition) is 2. The van der Waals surface area contributed by atoms with E-state index in [-0.39, 0.29) is 0 Å². The van der Waals surface area contributed by atoms with E-state index < -0.39 is 5.60 Å². The molecule has 72 valence electrons. The Hall–Kier alpha value is -1.04. The Morgan fingerprint density at radius 1 is 1.36 bits per heavy atom. The summed E-state index contributed by atoms with van der Waals surface area (Å²) < 4.78 is 5.51. The normalized spacial score (nSPS) is 26.0. The predicted molar refractivity (Wildman–Crippen MR) is 53.9 cm³/mol. The number of benzene rings is 1. The molecule has 0 N–H and O–H groups in total. The molecule has 1 atom stereocenters. The first-order valence-electron chi connectivity index (χ1n) is 4.58. The van der Waals surface area contributed by atoms with Crippen LogP contribution in [0, 0.1) is 11.3 Å². The molecule has 1 aromatic rings. The molecule has 1 unspecified atom stereocenters. The van der Waals surface area contributed by atoms with Crippen molar-refractivity contribution in [3.05, 3.63) is 34.9 Å². The Kier molecular flexibility index (Phi) is 2.45. The summed E-state index contributed by atoms with van der Waals surface area (Å²) in [6.07, 6.45) is 1.71. The molecule has 1 aliphatic heterocycles. The highest BCUT2D eigenvalue weighted by atomic mass is 35.5. The zero-order chi connectivity index (χ0) is 10.0. The van der Waals surface area contributed by atoms with Crippen LogP contribution < -0.4 is 0 Å². The Balaban J connectivity index is 2.37. The molecule has 1 fully saturated rings. The zero-order valence-electron chi connectivity index (χ0n) is 7.66. The van der Waals surface area contributed by atoms with Gasteiger partial charge < -0.3 is 4.74 Å². The Bertz CT molecular complexity index is 360. The van der Waals surface area contributed by atoms with E-state index in [1.54, 1.807) is 12.1 Å². The molecular weight excluding hydrogens is 198 g/mol. The summed E-state index contributed by atoms with van der Waals surface area (Å²) in [5, 5.41) is 9.81. The van der Waals surface area contributed by atoms with E-state index >= 15 is 0 Å². The Morgan fingerprint density at radius 2 is 2.07 bits per heavy atom. The van der Waals surface area contributed by atoms with Gasteiger partial charge in [-0.2, -0.15) is 5.26 Å². The van der Waals surface area contributed by atoms with E-state index in [1.165, 1.54) is 0 Å². The third-order valence-corrected chi connectivity index (χ3v) is 2.76. The lowest BCUT2D eigenvalue weighted by Crippen LogP contribution is -2.21. The van der Waals surface area contributed by atoms with Crippen molar-refractivity contribution in [2.24, 2.45) is 0 Å². The van der Waals surface area contributed by atoms with Crippen LogP contribution in [0.5, 0.6) is 0 Å². The van der Waals surface area contributed by atoms with Gasteiger partial charge in [-0.25, -0.2) is 0 Å². The summed E-state index contributed by atoms with van der Waals surface area (Å²) in [4.78, 5) is 0. The topological polar surface area (TPSA) is 33.0 Å². The van der Waals surface area contributed by atoms with Crippen molar-refractivity contribution in [2.75, 3.05) is 6.61 Å². The van der Waals surface area contributed by atoms with Gasteiger partial charge in [0.15, 0.2) is 5.60 Å². The molecule has 0 aromatic heterocycles. The van der Waals surface area contributed by atoms with Crippen LogP contribution in [0.2, 0.25) is 5.02 Å². The molecule has 1 aromatic carbocycles. The van der Waals surface area contributed by atoms with E-state index in [2.05, 4.69) is 6.07 Å². The first-order valence-corrected chi connectivity index (χ1v) is 4.96. The lowest BCUT2D eigenvalue weighted by Gasteiger charge is -2.20. The van der Waals surface area contributed by atoms with Crippen molar-refractivity contribution >= 4 is 11.6 Å². The minimum Gasteiger partial charge on any atom is -0.356 e. The molecule has 0 aliphatic carbocycles. The predicted octanol–water partition coefficient (Wildman–Crippen LogP) is 2.87. The fourth-order valence-electron chi connectivity index (χ4n) is 1.74. The van der Waals surface area contributed by atoms with Gasteiger partial charge in [-0.15, -0.1) is 0 Å². The Morgan fingerprint density at radius 3 is 2.57 bits per heavy atom. The molecular formula is C11H10ClNO. The molecule has 1 aliphatic rings. The van der Waals surface area contributed by atoms with Gasteiger partial charge in [0.05, 0.1) is 0 Å². The van der Waals surface area contributed by atoms with Crippen LogP contribution in [0.3, 0.4) is 0 Å². The van der Waals surface area contributed by atoms with Gasteiger partial charge >= 0.3 is 0 Å². The van der Waals surface area contributed by atoms with E-state index in [1.807, 2.05) is 12.1 Å². The second-order valence-corrected chi connectivity index (χ2v) is 3.83. The Labute approximate surface area is 88.1 Å². The first-order chi connectivity index (χ1) is 6.77. The smallest absolute Gasteiger partial charge is 0.179 e. The number of nitriles is 1. The SMILES string of the molecule is N#CC1(c2ccc(Cl)cc2)CCCO1. The van der Waals surface area contributed by atoms with Crippen LogP contribution in [-0.4, -0.2) is 6.61 Å². The summed E-state index contributed by atoms with van der Waals surface area (Å²) >= 11 is 5.78. The van der Waals surface area contributed by atoms with Crippen molar-refractivity contribution in [3.8, 4) is 6.07 Å². The monoisotopic (exact) mass is 207 g/mol. The molecule has 0 radical (unpaired) electrons. The number of hydrogen-bond donors (Lipinski definition) is 0. The van der Waals surface area contributed by atoms with Crippen LogP contribution in [0.15, 0.2) is 24.3 Å². The highest BCUT2D eigenvalue weighted by molar-refractivity contribution is 6.30. The highest BCUT2D eigenvalue weighted by Crippen LogP contribution is 2.35. The van der Waals surface area contributed by atoms with Crippen molar-refractivity contribution in [3.63, 3.8) is 0 Å². The van der Waals surface area contributed by atoms with Gasteiger partial charge in [0, 0.05) is 11.6 Å². The minimum atomic E-state index is -0.732. The summed E-state index contributed by atoms with van der Waals surface area (Å²) in [6.45, 7) is 0.663. The second kappa shape index (κ2) is 3.61. The lowest BCUT2D eigenvalue weighted by atomic mass is 9.92. The van der Waals surface area contributed by atoms with Crippen LogP contribution in [0.1, 0.15) is 18.4 Å². The molecule has 14 heavy (non-hydrogen) atoms. The standard InChI is InChI=1S/C11H10ClNO/c12-10-4-2-9(3-5-10)11(8-13)6-1-7-14-11/h2-5H,1,6-7H2. The maximum atomic E-state index is 9.13. The summed E-state index contributed by atoms with van der Waals surface area (Å²) in [5.41, 5.74) is 0.173. The molecule has 2 rings (SSSR count). The molecule has 2 nitrogen and oxygen atoms in total. The van der Waals surface area contributed by atoms with Crippen molar-refractivity contribution in [1.82, 2.24) is 0 Å². The fraction of sp³-hybridized carbons (Fsp3) is 0.364. The molecule has 1 heterocycles. The second-order valence-electron chi connectivity index (χ2n) is 3.40. The van der Waals surface area contributed by atoms with E-state index in [9.17, 15) is 0 Å². The lowest BCUT2D eigenvalue weighted by molar-refractivity contribution is 0.0495. The van der Waals surface area contributed by atoms with Gasteiger partial charge in [-0.05, 0) is 30.5 Å². The van der Waals surface area contributed by atoms with Gasteiger partial charge in [-0.1, -0.05) is 23.7 Å². The summed E-state index contributed by atoms with van der Waals surface area (Å²) in [7, 11) is 0. The van der Waals surface area contributed by atoms with Crippen LogP contribution in [0.4, 0.5) is 0 Å². The van der Waals surface area contributed by atoms with Crippen molar-refractivity contribution < 1.29 is 4.74 Å². The van der Waals surface area contributed by atoms with Crippen molar-refractivity contribution in [1.29, 1.82) is 5.26 Å². The van der Waals surface area contributed by atoms with Gasteiger partial charge in [-0.3, -0.25) is 0 Å². The maximum Gasteiger partial charge on any atom is 0.179 e. The van der Waals surface area contributed by atoms with Crippen molar-refractivity contribution in [2.45, 2.75) is 18.4 Å². The van der Waals surface area contributed by atoms with Crippen LogP contribution >= 0.6 is 11.6 Å². The third-order valence-electron chi connectivity index (χ3n) is 2.51. The number of halogens is 1. The van der Waals surface area contributed by atoms with E-state index in [4.69, 9.17) is 21.6 Å². The largest absolute Gasteiger partial charge is 0.356 e. The van der Waals surface area contributed by atoms with Crippen LogP contribution in [-0.2, 0) is 10.3 Å². The maximum absolute atomic E-state index is 9.13. The molecule has 0 bridgehead atoms. The van der Waals surface area contributed by atoms with E-state index in [0.717, 1.165) is 18.4 Å². The first kappa shape index (κ1) is 9.51. The van der Waals surface area contributed by atoms with Gasteiger partial charge in [0.1, 0.15) is 6.07 Å². The molecule has 0 amide bonds. The average molecular weight is 208 g/mol. The highest BCUT2D eigenvalue weighted by Gasteiger charge is 2.36. The number of rotatable bonds is 1. The summed E-state index contributed by atoms with van der Waals surface area (Å²) in [6, 6.07) is 9.54. The summed E-state index contributed by atoms with van der Waals surface area (Å²) in [5.74, 6) is 0. The molecule has 3 heteroatoms. The third kappa shape index (κ3) is 1.50. The van der Waals surface area contributed by atoms with E-state index in [0.29, 0.717) is 11.6 Å². The van der Waals surface area contributed by atoms with Gasteiger partial charge in [0.2, 0.25) is 0 Å². The number of nitrogens with zero attached hydrogens (tertiary/aromatic N) is 1. The average Bonchev–Trinajstić information content (AvgIpc) is 2.68. The fourth-order valence-corrected chi connectivity index (χ4v) is 1.87. The molecule has 0 saturated carbocycles. The zero-order valence-corrected chi connectivity index (χ0v) is 8.42. The van der Waals surface area contributed by atoms with Gasteiger partial charge in [0.25, 0.3) is 0 Å². The number of ether oxygens (including phenoxy) is 1. The minimum absolute atomic E-state index is 0.663. The molecule has 0 spiro atoms. The van der Waals surface area contributed by atoms with Crippen LogP contribution in [0.25, 0.3) is 0 Å².